The maximum atomic E-state index is 13.0. The van der Waals surface area contributed by atoms with Crippen molar-refractivity contribution in [3.05, 3.63) is 94.6 Å². The summed E-state index contributed by atoms with van der Waals surface area (Å²) >= 11 is 0. The molecule has 5 heteroatoms. The van der Waals surface area contributed by atoms with Gasteiger partial charge in [0, 0.05) is 12.2 Å². The molecular formula is C27H24N2O3. The van der Waals surface area contributed by atoms with Gasteiger partial charge in [-0.3, -0.25) is 4.79 Å². The molecule has 4 rings (SSSR count). The first-order valence-electron chi connectivity index (χ1n) is 10.5. The minimum absolute atomic E-state index is 0.0809. The van der Waals surface area contributed by atoms with Crippen molar-refractivity contribution in [2.24, 2.45) is 0 Å². The van der Waals surface area contributed by atoms with Crippen LogP contribution in [0.2, 0.25) is 0 Å². The van der Waals surface area contributed by atoms with Crippen LogP contribution >= 0.6 is 0 Å². The zero-order valence-electron chi connectivity index (χ0n) is 18.2. The van der Waals surface area contributed by atoms with Crippen molar-refractivity contribution >= 4 is 17.7 Å². The number of hydrogen-bond donors (Lipinski definition) is 0. The first kappa shape index (κ1) is 21.2. The average molecular weight is 425 g/mol. The Kier molecular flexibility index (Phi) is 6.23. The third kappa shape index (κ3) is 4.35. The third-order valence-electron chi connectivity index (χ3n) is 5.63. The number of carbonyl (C=O) groups excluding carboxylic acids is 1. The predicted molar refractivity (Wildman–Crippen MR) is 125 cm³/mol. The number of aryl methyl sites for hydroxylation is 1. The molecule has 0 N–H and O–H groups in total. The molecule has 3 aromatic carbocycles. The van der Waals surface area contributed by atoms with Crippen molar-refractivity contribution < 1.29 is 14.3 Å². The van der Waals surface area contributed by atoms with E-state index in [9.17, 15) is 10.1 Å². The number of hydrogen-bond acceptors (Lipinski definition) is 4. The highest BCUT2D eigenvalue weighted by atomic mass is 16.5. The Balaban J connectivity index is 1.54. The smallest absolute Gasteiger partial charge is 0.268 e. The molecule has 0 atom stereocenters. The van der Waals surface area contributed by atoms with Crippen LogP contribution in [0.15, 0.2) is 72.3 Å². The lowest BCUT2D eigenvalue weighted by Gasteiger charge is -2.17. The predicted octanol–water partition coefficient (Wildman–Crippen LogP) is 5.08. The van der Waals surface area contributed by atoms with Gasteiger partial charge in [-0.2, -0.15) is 5.26 Å². The highest BCUT2D eigenvalue weighted by molar-refractivity contribution is 6.12. The second kappa shape index (κ2) is 9.40. The monoisotopic (exact) mass is 424 g/mol. The van der Waals surface area contributed by atoms with E-state index in [0.717, 1.165) is 28.8 Å². The summed E-state index contributed by atoms with van der Waals surface area (Å²) in [7, 11) is 1.57. The van der Waals surface area contributed by atoms with Gasteiger partial charge in [0.05, 0.1) is 7.11 Å². The standard InChI is InChI=1S/C27H24N2O3/c1-19-7-3-4-9-22(19)18-32-25-12-11-20(16-26(25)31-2)15-23(17-28)27(30)29-14-13-21-8-5-6-10-24(21)29/h3-12,15-16H,13-14,18H2,1-2H3/b23-15+. The van der Waals surface area contributed by atoms with Crippen molar-refractivity contribution in [1.29, 1.82) is 5.26 Å². The lowest BCUT2D eigenvalue weighted by molar-refractivity contribution is -0.114. The molecule has 5 nitrogen and oxygen atoms in total. The molecule has 0 fully saturated rings. The van der Waals surface area contributed by atoms with E-state index in [0.29, 0.717) is 30.2 Å². The van der Waals surface area contributed by atoms with Gasteiger partial charge in [0.25, 0.3) is 5.91 Å². The van der Waals surface area contributed by atoms with Gasteiger partial charge in [-0.1, -0.05) is 48.5 Å². The summed E-state index contributed by atoms with van der Waals surface area (Å²) in [5, 5.41) is 9.66. The van der Waals surface area contributed by atoms with E-state index in [1.807, 2.05) is 61.5 Å². The van der Waals surface area contributed by atoms with E-state index in [4.69, 9.17) is 9.47 Å². The number of nitriles is 1. The maximum Gasteiger partial charge on any atom is 0.268 e. The molecule has 1 heterocycles. The fourth-order valence-corrected chi connectivity index (χ4v) is 3.82. The number of benzene rings is 3. The Labute approximate surface area is 188 Å². The minimum Gasteiger partial charge on any atom is -0.493 e. The number of anilines is 1. The van der Waals surface area contributed by atoms with Gasteiger partial charge in [-0.25, -0.2) is 0 Å². The molecule has 0 bridgehead atoms. The quantitative estimate of drug-likeness (QED) is 0.409. The number of ether oxygens (including phenoxy) is 2. The van der Waals surface area contributed by atoms with Gasteiger partial charge in [-0.15, -0.1) is 0 Å². The summed E-state index contributed by atoms with van der Waals surface area (Å²) in [5.41, 5.74) is 5.03. The van der Waals surface area contributed by atoms with Gasteiger partial charge in [0.1, 0.15) is 18.2 Å². The third-order valence-corrected chi connectivity index (χ3v) is 5.63. The van der Waals surface area contributed by atoms with Crippen LogP contribution in [0.25, 0.3) is 6.08 Å². The van der Waals surface area contributed by atoms with Gasteiger partial charge in [0.15, 0.2) is 11.5 Å². The van der Waals surface area contributed by atoms with Crippen LogP contribution in [-0.2, 0) is 17.8 Å². The van der Waals surface area contributed by atoms with Gasteiger partial charge in [0.2, 0.25) is 0 Å². The summed E-state index contributed by atoms with van der Waals surface area (Å²) < 4.78 is 11.5. The summed E-state index contributed by atoms with van der Waals surface area (Å²) in [6.07, 6.45) is 2.39. The summed E-state index contributed by atoms with van der Waals surface area (Å²) in [4.78, 5) is 14.7. The molecule has 32 heavy (non-hydrogen) atoms. The molecule has 1 aliphatic rings. The average Bonchev–Trinajstić information content (AvgIpc) is 3.26. The Hall–Kier alpha value is -4.04. The van der Waals surface area contributed by atoms with Crippen LogP contribution in [0.3, 0.4) is 0 Å². The molecular weight excluding hydrogens is 400 g/mol. The summed E-state index contributed by atoms with van der Waals surface area (Å²) in [5.74, 6) is 0.853. The van der Waals surface area contributed by atoms with Crippen LogP contribution in [0, 0.1) is 18.3 Å². The molecule has 3 aromatic rings. The summed E-state index contributed by atoms with van der Waals surface area (Å²) in [6.45, 7) is 3.05. The molecule has 0 spiro atoms. The molecule has 0 saturated heterocycles. The number of methoxy groups -OCH3 is 1. The SMILES string of the molecule is COc1cc(/C=C(\C#N)C(=O)N2CCc3ccccc32)ccc1OCc1ccccc1C. The van der Waals surface area contributed by atoms with E-state index in [1.54, 1.807) is 30.2 Å². The second-order valence-electron chi connectivity index (χ2n) is 7.63. The zero-order chi connectivity index (χ0) is 22.5. The first-order chi connectivity index (χ1) is 15.6. The Morgan fingerprint density at radius 1 is 1.09 bits per heavy atom. The Morgan fingerprint density at radius 2 is 1.88 bits per heavy atom. The van der Waals surface area contributed by atoms with Crippen LogP contribution in [0.5, 0.6) is 11.5 Å². The molecule has 1 amide bonds. The van der Waals surface area contributed by atoms with Crippen molar-refractivity contribution in [1.82, 2.24) is 0 Å². The van der Waals surface area contributed by atoms with Gasteiger partial charge < -0.3 is 14.4 Å². The van der Waals surface area contributed by atoms with Gasteiger partial charge in [-0.05, 0) is 59.9 Å². The highest BCUT2D eigenvalue weighted by Crippen LogP contribution is 2.31. The van der Waals surface area contributed by atoms with E-state index < -0.39 is 0 Å². The minimum atomic E-state index is -0.295. The Morgan fingerprint density at radius 3 is 2.66 bits per heavy atom. The fraction of sp³-hybridized carbons (Fsp3) is 0.185. The number of nitrogens with zero attached hydrogens (tertiary/aromatic N) is 2. The number of amides is 1. The number of carbonyl (C=O) groups is 1. The van der Waals surface area contributed by atoms with Crippen LogP contribution < -0.4 is 14.4 Å². The van der Waals surface area contributed by atoms with E-state index in [1.165, 1.54) is 0 Å². The molecule has 0 radical (unpaired) electrons. The van der Waals surface area contributed by atoms with Crippen LogP contribution in [-0.4, -0.2) is 19.6 Å². The molecule has 0 saturated carbocycles. The zero-order valence-corrected chi connectivity index (χ0v) is 18.2. The van der Waals surface area contributed by atoms with Crippen molar-refractivity contribution in [2.75, 3.05) is 18.6 Å². The van der Waals surface area contributed by atoms with E-state index in [2.05, 4.69) is 6.07 Å². The molecule has 0 unspecified atom stereocenters. The summed E-state index contributed by atoms with van der Waals surface area (Å²) in [6, 6.07) is 23.3. The van der Waals surface area contributed by atoms with E-state index in [-0.39, 0.29) is 11.5 Å². The van der Waals surface area contributed by atoms with Crippen LogP contribution in [0.1, 0.15) is 22.3 Å². The maximum absolute atomic E-state index is 13.0. The number of para-hydroxylation sites is 1. The lowest BCUT2D eigenvalue weighted by atomic mass is 10.1. The first-order valence-corrected chi connectivity index (χ1v) is 10.5. The van der Waals surface area contributed by atoms with Crippen molar-refractivity contribution in [3.63, 3.8) is 0 Å². The lowest BCUT2D eigenvalue weighted by Crippen LogP contribution is -2.29. The van der Waals surface area contributed by atoms with Crippen molar-refractivity contribution in [3.8, 4) is 17.6 Å². The van der Waals surface area contributed by atoms with Crippen molar-refractivity contribution in [2.45, 2.75) is 20.0 Å². The molecule has 0 aromatic heterocycles. The molecule has 1 aliphatic heterocycles. The molecule has 0 aliphatic carbocycles. The van der Waals surface area contributed by atoms with Crippen LogP contribution in [0.4, 0.5) is 5.69 Å². The van der Waals surface area contributed by atoms with E-state index >= 15 is 0 Å². The molecule has 160 valence electrons. The Bertz CT molecular complexity index is 1220. The number of rotatable bonds is 6. The largest absolute Gasteiger partial charge is 0.493 e. The normalized spacial score (nSPS) is 12.8. The topological polar surface area (TPSA) is 62.6 Å². The fourth-order valence-electron chi connectivity index (χ4n) is 3.82. The highest BCUT2D eigenvalue weighted by Gasteiger charge is 2.26. The second-order valence-corrected chi connectivity index (χ2v) is 7.63. The number of fused-ring (bicyclic) bond motifs is 1. The van der Waals surface area contributed by atoms with Gasteiger partial charge >= 0.3 is 0 Å².